The number of benzene rings is 2. The Morgan fingerprint density at radius 3 is 2.81 bits per heavy atom. The van der Waals surface area contributed by atoms with Crippen molar-refractivity contribution >= 4 is 39.2 Å². The lowest BCUT2D eigenvalue weighted by molar-refractivity contribution is -0.115. The smallest absolute Gasteiger partial charge is 0.258 e. The Balaban J connectivity index is 1.79. The number of hydrogen-bond acceptors (Lipinski definition) is 4. The van der Waals surface area contributed by atoms with Crippen LogP contribution in [0.1, 0.15) is 5.56 Å². The van der Waals surface area contributed by atoms with E-state index in [4.69, 9.17) is 4.74 Å². The Labute approximate surface area is 159 Å². The van der Waals surface area contributed by atoms with Crippen molar-refractivity contribution in [3.05, 3.63) is 64.7 Å². The molecule has 1 amide bonds. The minimum Gasteiger partial charge on any atom is -0.383 e. The quantitative estimate of drug-likeness (QED) is 0.615. The number of methoxy groups -OCH3 is 1. The number of ether oxygens (including phenoxy) is 1. The maximum Gasteiger partial charge on any atom is 0.258 e. The van der Waals surface area contributed by atoms with Crippen molar-refractivity contribution in [2.24, 2.45) is 4.99 Å². The summed E-state index contributed by atoms with van der Waals surface area (Å²) >= 11 is 2.84. The first-order valence-electron chi connectivity index (χ1n) is 8.15. The summed E-state index contributed by atoms with van der Waals surface area (Å²) in [7, 11) is 1.59. The lowest BCUT2D eigenvalue weighted by Gasteiger charge is -2.04. The molecule has 0 N–H and O–H groups in total. The van der Waals surface area contributed by atoms with Crippen LogP contribution in [0.4, 0.5) is 4.39 Å². The molecular weight excluding hydrogens is 371 g/mol. The van der Waals surface area contributed by atoms with E-state index in [1.165, 1.54) is 34.7 Å². The molecule has 0 radical (unpaired) electrons. The Morgan fingerprint density at radius 1 is 1.23 bits per heavy atom. The number of halogens is 1. The molecule has 0 saturated heterocycles. The minimum atomic E-state index is -0.317. The fourth-order valence-electron chi connectivity index (χ4n) is 2.53. The van der Waals surface area contributed by atoms with Gasteiger partial charge in [-0.05, 0) is 17.7 Å². The van der Waals surface area contributed by atoms with Gasteiger partial charge in [-0.1, -0.05) is 47.7 Å². The number of fused-ring (bicyclic) bond motifs is 1. The lowest BCUT2D eigenvalue weighted by atomic mass is 10.2. The molecule has 0 atom stereocenters. The number of thioether (sulfide) groups is 1. The first kappa shape index (κ1) is 18.8. The molecule has 0 aliphatic rings. The van der Waals surface area contributed by atoms with E-state index >= 15 is 0 Å². The molecule has 0 fully saturated rings. The lowest BCUT2D eigenvalue weighted by Crippen LogP contribution is -2.20. The standard InChI is InChI=1S/C19H19FN2O2S2/c1-24-11-10-22-18-15(20)8-5-9-16(18)26-19(22)21-17(23)13-25-12-14-6-3-2-4-7-14/h2-9H,10-13H2,1H3. The van der Waals surface area contributed by atoms with Crippen molar-refractivity contribution in [3.63, 3.8) is 0 Å². The summed E-state index contributed by atoms with van der Waals surface area (Å²) in [6, 6.07) is 14.9. The highest BCUT2D eigenvalue weighted by Crippen LogP contribution is 2.20. The van der Waals surface area contributed by atoms with Crippen molar-refractivity contribution in [3.8, 4) is 0 Å². The molecule has 0 bridgehead atoms. The number of para-hydroxylation sites is 1. The van der Waals surface area contributed by atoms with Gasteiger partial charge < -0.3 is 9.30 Å². The van der Waals surface area contributed by atoms with E-state index in [1.54, 1.807) is 17.7 Å². The summed E-state index contributed by atoms with van der Waals surface area (Å²) in [5.41, 5.74) is 1.64. The van der Waals surface area contributed by atoms with E-state index < -0.39 is 0 Å². The Kier molecular flexibility index (Phi) is 6.60. The third-order valence-electron chi connectivity index (χ3n) is 3.73. The number of nitrogens with zero attached hydrogens (tertiary/aromatic N) is 2. The monoisotopic (exact) mass is 390 g/mol. The van der Waals surface area contributed by atoms with Gasteiger partial charge in [-0.15, -0.1) is 11.8 Å². The zero-order valence-electron chi connectivity index (χ0n) is 14.4. The molecule has 2 aromatic carbocycles. The van der Waals surface area contributed by atoms with Crippen LogP contribution in [-0.4, -0.2) is 29.9 Å². The maximum absolute atomic E-state index is 14.2. The van der Waals surface area contributed by atoms with Gasteiger partial charge in [-0.25, -0.2) is 4.39 Å². The molecule has 7 heteroatoms. The van der Waals surface area contributed by atoms with Crippen LogP contribution in [0, 0.1) is 5.82 Å². The molecule has 3 aromatic rings. The average Bonchev–Trinajstić information content (AvgIpc) is 2.99. The van der Waals surface area contributed by atoms with E-state index in [0.29, 0.717) is 23.5 Å². The van der Waals surface area contributed by atoms with Gasteiger partial charge in [0.15, 0.2) is 4.80 Å². The summed E-state index contributed by atoms with van der Waals surface area (Å²) in [6.45, 7) is 0.866. The third kappa shape index (κ3) is 4.60. The summed E-state index contributed by atoms with van der Waals surface area (Å²) in [4.78, 5) is 17.0. The summed E-state index contributed by atoms with van der Waals surface area (Å²) < 4.78 is 21.8. The third-order valence-corrected chi connectivity index (χ3v) is 5.76. The first-order valence-corrected chi connectivity index (χ1v) is 10.1. The van der Waals surface area contributed by atoms with Crippen molar-refractivity contribution < 1.29 is 13.9 Å². The van der Waals surface area contributed by atoms with Crippen molar-refractivity contribution in [2.45, 2.75) is 12.3 Å². The predicted molar refractivity (Wildman–Crippen MR) is 105 cm³/mol. The van der Waals surface area contributed by atoms with Crippen LogP contribution in [0.5, 0.6) is 0 Å². The van der Waals surface area contributed by atoms with E-state index in [-0.39, 0.29) is 17.5 Å². The normalized spacial score (nSPS) is 12.0. The predicted octanol–water partition coefficient (Wildman–Crippen LogP) is 3.85. The van der Waals surface area contributed by atoms with Crippen LogP contribution >= 0.6 is 23.1 Å². The molecule has 0 spiro atoms. The fraction of sp³-hybridized carbons (Fsp3) is 0.263. The van der Waals surface area contributed by atoms with Gasteiger partial charge in [0.1, 0.15) is 5.82 Å². The van der Waals surface area contributed by atoms with Gasteiger partial charge in [0, 0.05) is 19.4 Å². The van der Waals surface area contributed by atoms with Crippen LogP contribution in [-0.2, 0) is 21.8 Å². The number of aromatic nitrogens is 1. The van der Waals surface area contributed by atoms with E-state index in [9.17, 15) is 9.18 Å². The summed E-state index contributed by atoms with van der Waals surface area (Å²) in [5.74, 6) is 0.508. The van der Waals surface area contributed by atoms with Crippen LogP contribution in [0.15, 0.2) is 53.5 Å². The minimum absolute atomic E-state index is 0.218. The molecule has 26 heavy (non-hydrogen) atoms. The number of thiazole rings is 1. The number of amides is 1. The van der Waals surface area contributed by atoms with Crippen LogP contribution in [0.2, 0.25) is 0 Å². The van der Waals surface area contributed by atoms with Crippen LogP contribution < -0.4 is 4.80 Å². The molecule has 0 aliphatic carbocycles. The Hall–Kier alpha value is -1.96. The SMILES string of the molecule is COCCn1c(=NC(=O)CSCc2ccccc2)sc2cccc(F)c21. The Bertz CT molecular complexity index is 951. The van der Waals surface area contributed by atoms with E-state index in [2.05, 4.69) is 4.99 Å². The summed E-state index contributed by atoms with van der Waals surface area (Å²) in [5, 5.41) is 0. The highest BCUT2D eigenvalue weighted by Gasteiger charge is 2.11. The Morgan fingerprint density at radius 2 is 2.04 bits per heavy atom. The van der Waals surface area contributed by atoms with Crippen LogP contribution in [0.25, 0.3) is 10.2 Å². The molecule has 4 nitrogen and oxygen atoms in total. The van der Waals surface area contributed by atoms with Gasteiger partial charge >= 0.3 is 0 Å². The van der Waals surface area contributed by atoms with Crippen molar-refractivity contribution in [1.29, 1.82) is 0 Å². The van der Waals surface area contributed by atoms with Crippen molar-refractivity contribution in [1.82, 2.24) is 4.57 Å². The second-order valence-corrected chi connectivity index (χ2v) is 7.59. The van der Waals surface area contributed by atoms with Gasteiger partial charge in [-0.3, -0.25) is 4.79 Å². The van der Waals surface area contributed by atoms with Crippen LogP contribution in [0.3, 0.4) is 0 Å². The second kappa shape index (κ2) is 9.12. The second-order valence-electron chi connectivity index (χ2n) is 5.60. The highest BCUT2D eigenvalue weighted by atomic mass is 32.2. The highest BCUT2D eigenvalue weighted by molar-refractivity contribution is 7.99. The molecule has 136 valence electrons. The molecular formula is C19H19FN2O2S2. The molecule has 3 rings (SSSR count). The molecule has 0 unspecified atom stereocenters. The zero-order valence-corrected chi connectivity index (χ0v) is 16.0. The van der Waals surface area contributed by atoms with Gasteiger partial charge in [0.05, 0.1) is 22.6 Å². The number of carbonyl (C=O) groups is 1. The first-order chi connectivity index (χ1) is 12.7. The molecule has 1 aromatic heterocycles. The molecule has 1 heterocycles. The summed E-state index contributed by atoms with van der Waals surface area (Å²) in [6.07, 6.45) is 0. The molecule has 0 aliphatic heterocycles. The topological polar surface area (TPSA) is 43.6 Å². The van der Waals surface area contributed by atoms with E-state index in [0.717, 1.165) is 10.5 Å². The van der Waals surface area contributed by atoms with Gasteiger partial charge in [0.25, 0.3) is 5.91 Å². The number of carbonyl (C=O) groups excluding carboxylic acids is 1. The van der Waals surface area contributed by atoms with Crippen molar-refractivity contribution in [2.75, 3.05) is 19.5 Å². The zero-order chi connectivity index (χ0) is 18.4. The number of rotatable bonds is 7. The molecule has 0 saturated carbocycles. The maximum atomic E-state index is 14.2. The number of hydrogen-bond donors (Lipinski definition) is 0. The fourth-order valence-corrected chi connectivity index (χ4v) is 4.39. The largest absolute Gasteiger partial charge is 0.383 e. The van der Waals surface area contributed by atoms with Gasteiger partial charge in [0.2, 0.25) is 0 Å². The van der Waals surface area contributed by atoms with E-state index in [1.807, 2.05) is 36.4 Å². The average molecular weight is 391 g/mol. The van der Waals surface area contributed by atoms with Gasteiger partial charge in [-0.2, -0.15) is 4.99 Å².